The first-order chi connectivity index (χ1) is 16.4. The Balaban J connectivity index is 1.51. The molecule has 0 atom stereocenters. The van der Waals surface area contributed by atoms with Gasteiger partial charge in [0.1, 0.15) is 20.9 Å². The van der Waals surface area contributed by atoms with Gasteiger partial charge in [-0.15, -0.1) is 11.3 Å². The van der Waals surface area contributed by atoms with Crippen LogP contribution in [0.15, 0.2) is 44.3 Å². The molecule has 0 unspecified atom stereocenters. The number of benzene rings is 1. The number of furan rings is 1. The molecule has 0 saturated carbocycles. The fraction of sp³-hybridized carbons (Fsp3) is 0.167. The standard InChI is InChI=1S/C24H15ClN2O5S2/c25-11-5-7-13(15(9-11)23(30)31)16-8-6-12(32-16)10-18-21(29)27-22-19(20(28)26-24(27)34-18)14-3-1-2-4-17(14)33-22/h5-10H,1-4H2,(H,30,31)/b18-10-. The summed E-state index contributed by atoms with van der Waals surface area (Å²) < 4.78 is 7.76. The normalized spacial score (nSPS) is 14.2. The average molecular weight is 511 g/mol. The van der Waals surface area contributed by atoms with E-state index in [4.69, 9.17) is 16.0 Å². The Morgan fingerprint density at radius 2 is 1.97 bits per heavy atom. The van der Waals surface area contributed by atoms with Crippen molar-refractivity contribution in [3.8, 4) is 11.3 Å². The first kappa shape index (κ1) is 21.3. The van der Waals surface area contributed by atoms with E-state index in [0.717, 1.165) is 42.6 Å². The number of carboxylic acid groups (broad SMARTS) is 1. The molecule has 0 aliphatic heterocycles. The Morgan fingerprint density at radius 3 is 2.79 bits per heavy atom. The van der Waals surface area contributed by atoms with Crippen LogP contribution in [-0.4, -0.2) is 20.5 Å². The van der Waals surface area contributed by atoms with Gasteiger partial charge in [-0.25, -0.2) is 9.20 Å². The van der Waals surface area contributed by atoms with Crippen molar-refractivity contribution in [2.45, 2.75) is 25.7 Å². The molecule has 0 bridgehead atoms. The minimum atomic E-state index is -1.12. The molecule has 0 amide bonds. The Labute approximate surface area is 204 Å². The summed E-state index contributed by atoms with van der Waals surface area (Å²) >= 11 is 8.58. The molecule has 0 spiro atoms. The third kappa shape index (κ3) is 3.31. The number of aromatic carboxylic acids is 1. The van der Waals surface area contributed by atoms with Gasteiger partial charge in [-0.3, -0.25) is 9.59 Å². The van der Waals surface area contributed by atoms with Crippen molar-refractivity contribution in [1.82, 2.24) is 9.38 Å². The van der Waals surface area contributed by atoms with Gasteiger partial charge in [0.2, 0.25) is 4.96 Å². The predicted octanol–water partition coefficient (Wildman–Crippen LogP) is 4.37. The molecule has 7 nitrogen and oxygen atoms in total. The minimum absolute atomic E-state index is 0.0200. The Bertz CT molecular complexity index is 1810. The lowest BCUT2D eigenvalue weighted by Gasteiger charge is -2.09. The fourth-order valence-corrected chi connectivity index (χ4v) is 6.97. The van der Waals surface area contributed by atoms with Gasteiger partial charge < -0.3 is 9.52 Å². The summed E-state index contributed by atoms with van der Waals surface area (Å²) in [6.07, 6.45) is 5.47. The zero-order valence-electron chi connectivity index (χ0n) is 17.5. The monoisotopic (exact) mass is 510 g/mol. The molecule has 4 heterocycles. The Morgan fingerprint density at radius 1 is 1.15 bits per heavy atom. The van der Waals surface area contributed by atoms with Crippen molar-refractivity contribution in [3.05, 3.63) is 82.4 Å². The number of aryl methyl sites for hydroxylation is 2. The first-order valence-corrected chi connectivity index (χ1v) is 12.6. The van der Waals surface area contributed by atoms with Crippen LogP contribution in [0.4, 0.5) is 0 Å². The van der Waals surface area contributed by atoms with Crippen molar-refractivity contribution in [2.75, 3.05) is 0 Å². The van der Waals surface area contributed by atoms with Crippen molar-refractivity contribution >= 4 is 61.5 Å². The summed E-state index contributed by atoms with van der Waals surface area (Å²) in [6.45, 7) is 0. The first-order valence-electron chi connectivity index (χ1n) is 10.6. The third-order valence-electron chi connectivity index (χ3n) is 5.95. The number of halogens is 1. The third-order valence-corrected chi connectivity index (χ3v) is 8.43. The van der Waals surface area contributed by atoms with Crippen LogP contribution in [0.25, 0.3) is 32.6 Å². The Kier molecular flexibility index (Phi) is 4.94. The zero-order chi connectivity index (χ0) is 23.6. The second-order valence-corrected chi connectivity index (χ2v) is 10.6. The topological polar surface area (TPSA) is 102 Å². The molecule has 1 aliphatic rings. The molecule has 34 heavy (non-hydrogen) atoms. The minimum Gasteiger partial charge on any atom is -0.478 e. The van der Waals surface area contributed by atoms with Crippen LogP contribution in [-0.2, 0) is 12.8 Å². The molecule has 0 fully saturated rings. The van der Waals surface area contributed by atoms with E-state index in [9.17, 15) is 19.5 Å². The summed E-state index contributed by atoms with van der Waals surface area (Å²) in [6, 6.07) is 7.84. The highest BCUT2D eigenvalue weighted by molar-refractivity contribution is 7.19. The van der Waals surface area contributed by atoms with E-state index in [-0.39, 0.29) is 16.7 Å². The lowest BCUT2D eigenvalue weighted by molar-refractivity contribution is 0.0697. The number of thiazole rings is 1. The SMILES string of the molecule is O=C(O)c1cc(Cl)ccc1-c1ccc(/C=c2\sc3nc(=O)c4c5c(sc4n3c2=O)CCCC5)o1. The molecular weight excluding hydrogens is 496 g/mol. The van der Waals surface area contributed by atoms with E-state index < -0.39 is 5.97 Å². The summed E-state index contributed by atoms with van der Waals surface area (Å²) in [5.74, 6) is -0.395. The van der Waals surface area contributed by atoms with Gasteiger partial charge in [-0.1, -0.05) is 22.9 Å². The molecule has 0 saturated heterocycles. The second kappa shape index (κ2) is 7.90. The average Bonchev–Trinajstić information content (AvgIpc) is 3.50. The van der Waals surface area contributed by atoms with E-state index in [1.165, 1.54) is 26.7 Å². The number of rotatable bonds is 3. The van der Waals surface area contributed by atoms with Crippen LogP contribution >= 0.6 is 34.3 Å². The smallest absolute Gasteiger partial charge is 0.336 e. The molecule has 170 valence electrons. The highest BCUT2D eigenvalue weighted by Gasteiger charge is 2.22. The van der Waals surface area contributed by atoms with E-state index in [1.807, 2.05) is 0 Å². The van der Waals surface area contributed by atoms with E-state index in [2.05, 4.69) is 4.98 Å². The van der Waals surface area contributed by atoms with Gasteiger partial charge in [-0.2, -0.15) is 4.98 Å². The molecule has 0 radical (unpaired) electrons. The van der Waals surface area contributed by atoms with Crippen LogP contribution in [0.3, 0.4) is 0 Å². The van der Waals surface area contributed by atoms with Gasteiger partial charge >= 0.3 is 5.97 Å². The number of carboxylic acids is 1. The predicted molar refractivity (Wildman–Crippen MR) is 133 cm³/mol. The summed E-state index contributed by atoms with van der Waals surface area (Å²) in [4.78, 5) is 44.1. The quantitative estimate of drug-likeness (QED) is 0.387. The zero-order valence-corrected chi connectivity index (χ0v) is 19.9. The van der Waals surface area contributed by atoms with E-state index >= 15 is 0 Å². The maximum absolute atomic E-state index is 13.3. The van der Waals surface area contributed by atoms with Crippen molar-refractivity contribution in [3.63, 3.8) is 0 Å². The summed E-state index contributed by atoms with van der Waals surface area (Å²) in [7, 11) is 0. The molecular formula is C24H15ClN2O5S2. The van der Waals surface area contributed by atoms with Gasteiger partial charge in [0.15, 0.2) is 0 Å². The molecule has 5 aromatic rings. The van der Waals surface area contributed by atoms with Crippen LogP contribution in [0, 0.1) is 0 Å². The number of hydrogen-bond donors (Lipinski definition) is 1. The van der Waals surface area contributed by atoms with Gasteiger partial charge in [0.25, 0.3) is 11.1 Å². The number of carbonyl (C=O) groups is 1. The molecule has 4 aromatic heterocycles. The Hall–Kier alpha value is -3.27. The van der Waals surface area contributed by atoms with Crippen molar-refractivity contribution < 1.29 is 14.3 Å². The maximum Gasteiger partial charge on any atom is 0.336 e. The van der Waals surface area contributed by atoms with Crippen LogP contribution < -0.4 is 15.7 Å². The van der Waals surface area contributed by atoms with Crippen LogP contribution in [0.1, 0.15) is 39.4 Å². The largest absolute Gasteiger partial charge is 0.478 e. The summed E-state index contributed by atoms with van der Waals surface area (Å²) in [5, 5.41) is 10.4. The van der Waals surface area contributed by atoms with Crippen LogP contribution in [0.5, 0.6) is 0 Å². The number of hydrogen-bond acceptors (Lipinski definition) is 7. The van der Waals surface area contributed by atoms with Gasteiger partial charge in [-0.05, 0) is 61.6 Å². The highest BCUT2D eigenvalue weighted by atomic mass is 35.5. The maximum atomic E-state index is 13.3. The lowest BCUT2D eigenvalue weighted by Crippen LogP contribution is -2.24. The van der Waals surface area contributed by atoms with E-state index in [0.29, 0.717) is 41.8 Å². The van der Waals surface area contributed by atoms with Gasteiger partial charge in [0.05, 0.1) is 10.9 Å². The number of nitrogens with zero attached hydrogens (tertiary/aromatic N) is 2. The van der Waals surface area contributed by atoms with Gasteiger partial charge in [0, 0.05) is 21.5 Å². The molecule has 1 N–H and O–H groups in total. The number of fused-ring (bicyclic) bond motifs is 5. The van der Waals surface area contributed by atoms with Crippen molar-refractivity contribution in [2.24, 2.45) is 0 Å². The molecule has 1 aromatic carbocycles. The second-order valence-electron chi connectivity index (χ2n) is 8.04. The highest BCUT2D eigenvalue weighted by Crippen LogP contribution is 2.34. The summed E-state index contributed by atoms with van der Waals surface area (Å²) in [5.41, 5.74) is 0.903. The fourth-order valence-electron chi connectivity index (χ4n) is 4.41. The molecule has 10 heteroatoms. The molecule has 6 rings (SSSR count). The lowest BCUT2D eigenvalue weighted by atomic mass is 9.97. The number of aromatic nitrogens is 2. The van der Waals surface area contributed by atoms with E-state index in [1.54, 1.807) is 30.3 Å². The number of thiophene rings is 1. The molecule has 1 aliphatic carbocycles. The van der Waals surface area contributed by atoms with Crippen molar-refractivity contribution in [1.29, 1.82) is 0 Å². The van der Waals surface area contributed by atoms with Crippen LogP contribution in [0.2, 0.25) is 5.02 Å².